The summed E-state index contributed by atoms with van der Waals surface area (Å²) in [7, 11) is 0. The van der Waals surface area contributed by atoms with Crippen LogP contribution >= 0.6 is 0 Å². The van der Waals surface area contributed by atoms with Gasteiger partial charge in [0.05, 0.1) is 0 Å². The monoisotopic (exact) mass is 122 g/mol. The molecular weight excluding hydrogens is 108 g/mol. The predicted octanol–water partition coefficient (Wildman–Crippen LogP) is 3.07. The SMILES string of the molecule is C=C=C(C)CCC=CC. The van der Waals surface area contributed by atoms with Crippen LogP contribution in [0.4, 0.5) is 0 Å². The minimum Gasteiger partial charge on any atom is -0.130 e. The number of rotatable bonds is 3. The highest BCUT2D eigenvalue weighted by atomic mass is 13.9. The molecule has 50 valence electrons. The minimum absolute atomic E-state index is 1.09. The van der Waals surface area contributed by atoms with Gasteiger partial charge >= 0.3 is 0 Å². The molecule has 0 heterocycles. The van der Waals surface area contributed by atoms with Crippen LogP contribution in [0.1, 0.15) is 26.7 Å². The Kier molecular flexibility index (Phi) is 4.95. The van der Waals surface area contributed by atoms with E-state index in [1.807, 2.05) is 6.92 Å². The molecule has 0 heteroatoms. The van der Waals surface area contributed by atoms with Gasteiger partial charge in [-0.05, 0) is 32.3 Å². The van der Waals surface area contributed by atoms with Crippen LogP contribution in [0.15, 0.2) is 30.0 Å². The highest BCUT2D eigenvalue weighted by Crippen LogP contribution is 2.01. The summed E-state index contributed by atoms with van der Waals surface area (Å²) in [6.07, 6.45) is 6.43. The van der Waals surface area contributed by atoms with Gasteiger partial charge in [0, 0.05) is 0 Å². The lowest BCUT2D eigenvalue weighted by Crippen LogP contribution is -1.70. The summed E-state index contributed by atoms with van der Waals surface area (Å²) in [6.45, 7) is 7.64. The fraction of sp³-hybridized carbons (Fsp3) is 0.444. The Labute approximate surface area is 57.6 Å². The van der Waals surface area contributed by atoms with E-state index in [9.17, 15) is 0 Å². The van der Waals surface area contributed by atoms with Gasteiger partial charge in [-0.3, -0.25) is 0 Å². The van der Waals surface area contributed by atoms with Crippen molar-refractivity contribution in [2.24, 2.45) is 0 Å². The molecule has 0 bridgehead atoms. The van der Waals surface area contributed by atoms with Gasteiger partial charge in [-0.15, -0.1) is 5.73 Å². The summed E-state index contributed by atoms with van der Waals surface area (Å²) >= 11 is 0. The first-order valence-electron chi connectivity index (χ1n) is 3.28. The van der Waals surface area contributed by atoms with E-state index in [0.29, 0.717) is 0 Å². The van der Waals surface area contributed by atoms with Crippen molar-refractivity contribution in [2.45, 2.75) is 26.7 Å². The molecule has 0 amide bonds. The van der Waals surface area contributed by atoms with E-state index in [1.54, 1.807) is 0 Å². The van der Waals surface area contributed by atoms with Crippen LogP contribution in [0.25, 0.3) is 0 Å². The quantitative estimate of drug-likeness (QED) is 0.398. The number of allylic oxidation sites excluding steroid dienone is 3. The molecule has 0 aliphatic rings. The van der Waals surface area contributed by atoms with Crippen molar-refractivity contribution in [3.8, 4) is 0 Å². The second-order valence-electron chi connectivity index (χ2n) is 2.06. The third kappa shape index (κ3) is 5.13. The van der Waals surface area contributed by atoms with Crippen LogP contribution in [-0.4, -0.2) is 0 Å². The summed E-state index contributed by atoms with van der Waals surface area (Å²) in [5.74, 6) is 0. The predicted molar refractivity (Wildman–Crippen MR) is 42.4 cm³/mol. The van der Waals surface area contributed by atoms with Crippen LogP contribution in [0.5, 0.6) is 0 Å². The zero-order valence-electron chi connectivity index (χ0n) is 6.28. The Hall–Kier alpha value is -0.740. The van der Waals surface area contributed by atoms with E-state index in [0.717, 1.165) is 12.8 Å². The molecule has 0 aromatic carbocycles. The number of hydrogen-bond donors (Lipinski definition) is 0. The maximum Gasteiger partial charge on any atom is -0.0212 e. The van der Waals surface area contributed by atoms with Gasteiger partial charge < -0.3 is 0 Å². The van der Waals surface area contributed by atoms with Crippen molar-refractivity contribution >= 4 is 0 Å². The van der Waals surface area contributed by atoms with Gasteiger partial charge in [-0.2, -0.15) is 0 Å². The van der Waals surface area contributed by atoms with E-state index in [2.05, 4.69) is 31.4 Å². The summed E-state index contributed by atoms with van der Waals surface area (Å²) in [5.41, 5.74) is 4.10. The largest absolute Gasteiger partial charge is 0.130 e. The van der Waals surface area contributed by atoms with E-state index in [1.165, 1.54) is 5.57 Å². The van der Waals surface area contributed by atoms with Gasteiger partial charge in [-0.25, -0.2) is 0 Å². The highest BCUT2D eigenvalue weighted by molar-refractivity contribution is 4.96. The lowest BCUT2D eigenvalue weighted by Gasteiger charge is -1.89. The van der Waals surface area contributed by atoms with Crippen molar-refractivity contribution in [1.29, 1.82) is 0 Å². The van der Waals surface area contributed by atoms with E-state index in [4.69, 9.17) is 0 Å². The number of hydrogen-bond acceptors (Lipinski definition) is 0. The van der Waals surface area contributed by atoms with Crippen molar-refractivity contribution in [1.82, 2.24) is 0 Å². The Bertz CT molecular complexity index is 134. The zero-order chi connectivity index (χ0) is 7.11. The van der Waals surface area contributed by atoms with Gasteiger partial charge in [0.2, 0.25) is 0 Å². The van der Waals surface area contributed by atoms with Gasteiger partial charge in [0.15, 0.2) is 0 Å². The first-order valence-corrected chi connectivity index (χ1v) is 3.28. The second kappa shape index (κ2) is 5.40. The maximum atomic E-state index is 3.55. The molecule has 0 aromatic heterocycles. The first kappa shape index (κ1) is 8.26. The summed E-state index contributed by atoms with van der Waals surface area (Å²) in [5, 5.41) is 0. The molecule has 0 rings (SSSR count). The Morgan fingerprint density at radius 1 is 1.67 bits per heavy atom. The molecular formula is C9H14. The van der Waals surface area contributed by atoms with E-state index < -0.39 is 0 Å². The third-order valence-corrected chi connectivity index (χ3v) is 1.22. The fourth-order valence-electron chi connectivity index (χ4n) is 0.555. The van der Waals surface area contributed by atoms with Crippen molar-refractivity contribution in [3.63, 3.8) is 0 Å². The molecule has 0 aliphatic heterocycles. The molecule has 0 N–H and O–H groups in total. The average molecular weight is 122 g/mol. The lowest BCUT2D eigenvalue weighted by atomic mass is 10.2. The molecule has 0 atom stereocenters. The minimum atomic E-state index is 1.09. The maximum absolute atomic E-state index is 3.55. The topological polar surface area (TPSA) is 0 Å². The standard InChI is InChI=1S/C9H14/c1-4-6-7-8-9(3)5-2/h4,6H,2,7-8H2,1,3H3. The normalized spacial score (nSPS) is 9.56. The molecule has 0 fully saturated rings. The first-order chi connectivity index (χ1) is 4.31. The van der Waals surface area contributed by atoms with E-state index in [-0.39, 0.29) is 0 Å². The Morgan fingerprint density at radius 3 is 2.78 bits per heavy atom. The van der Waals surface area contributed by atoms with Gasteiger partial charge in [-0.1, -0.05) is 18.7 Å². The Morgan fingerprint density at radius 2 is 2.33 bits per heavy atom. The van der Waals surface area contributed by atoms with Crippen molar-refractivity contribution in [2.75, 3.05) is 0 Å². The molecule has 0 aromatic rings. The second-order valence-corrected chi connectivity index (χ2v) is 2.06. The molecule has 0 saturated carbocycles. The van der Waals surface area contributed by atoms with Crippen molar-refractivity contribution < 1.29 is 0 Å². The van der Waals surface area contributed by atoms with Crippen LogP contribution in [-0.2, 0) is 0 Å². The van der Waals surface area contributed by atoms with Crippen LogP contribution in [0.2, 0.25) is 0 Å². The summed E-state index contributed by atoms with van der Waals surface area (Å²) in [4.78, 5) is 0. The average Bonchev–Trinajstić information content (AvgIpc) is 1.89. The smallest absolute Gasteiger partial charge is 0.0212 e. The fourth-order valence-corrected chi connectivity index (χ4v) is 0.555. The lowest BCUT2D eigenvalue weighted by molar-refractivity contribution is 0.980. The highest BCUT2D eigenvalue weighted by Gasteiger charge is 1.82. The molecule has 0 aliphatic carbocycles. The summed E-state index contributed by atoms with van der Waals surface area (Å²) < 4.78 is 0. The summed E-state index contributed by atoms with van der Waals surface area (Å²) in [6, 6.07) is 0. The van der Waals surface area contributed by atoms with Crippen LogP contribution < -0.4 is 0 Å². The van der Waals surface area contributed by atoms with Crippen molar-refractivity contribution in [3.05, 3.63) is 30.0 Å². The molecule has 0 nitrogen and oxygen atoms in total. The third-order valence-electron chi connectivity index (χ3n) is 1.22. The van der Waals surface area contributed by atoms with Crippen LogP contribution in [0.3, 0.4) is 0 Å². The van der Waals surface area contributed by atoms with Crippen LogP contribution in [0, 0.1) is 0 Å². The molecule has 0 radical (unpaired) electrons. The van der Waals surface area contributed by atoms with Gasteiger partial charge in [0.25, 0.3) is 0 Å². The van der Waals surface area contributed by atoms with E-state index >= 15 is 0 Å². The van der Waals surface area contributed by atoms with Gasteiger partial charge in [0.1, 0.15) is 0 Å². The Balaban J connectivity index is 3.39. The zero-order valence-corrected chi connectivity index (χ0v) is 6.28. The molecule has 0 spiro atoms. The molecule has 0 saturated heterocycles. The molecule has 0 unspecified atom stereocenters. The molecule has 9 heavy (non-hydrogen) atoms.